The van der Waals surface area contributed by atoms with Gasteiger partial charge >= 0.3 is 0 Å². The maximum Gasteiger partial charge on any atom is 0.270 e. The first-order chi connectivity index (χ1) is 10.6. The molecule has 0 spiro atoms. The molecule has 0 amide bonds. The number of para-hydroxylation sites is 1. The van der Waals surface area contributed by atoms with Gasteiger partial charge < -0.3 is 0 Å². The molecule has 3 rings (SSSR count). The highest BCUT2D eigenvalue weighted by molar-refractivity contribution is 6.46. The van der Waals surface area contributed by atoms with Crippen LogP contribution in [0.15, 0.2) is 59.6 Å². The van der Waals surface area contributed by atoms with Crippen molar-refractivity contribution in [1.82, 2.24) is 0 Å². The van der Waals surface area contributed by atoms with Crippen molar-refractivity contribution in [2.45, 2.75) is 6.42 Å². The van der Waals surface area contributed by atoms with Crippen LogP contribution in [0, 0.1) is 10.1 Å². The van der Waals surface area contributed by atoms with Crippen molar-refractivity contribution in [3.8, 4) is 0 Å². The second-order valence-corrected chi connectivity index (χ2v) is 4.91. The van der Waals surface area contributed by atoms with Gasteiger partial charge in [-0.1, -0.05) is 36.4 Å². The molecule has 1 aliphatic rings. The van der Waals surface area contributed by atoms with E-state index in [-0.39, 0.29) is 11.5 Å². The van der Waals surface area contributed by atoms with Gasteiger partial charge in [0.25, 0.3) is 5.69 Å². The highest BCUT2D eigenvalue weighted by Crippen LogP contribution is 2.26. The second kappa shape index (κ2) is 5.73. The molecule has 0 aliphatic carbocycles. The van der Waals surface area contributed by atoms with Crippen LogP contribution < -0.4 is 0 Å². The number of hydrogen-bond donors (Lipinski definition) is 0. The molecule has 0 aromatic heterocycles. The standard InChI is InChI=1S/C17H12N2O3/c20-17(16-11-13-5-1-2-7-15(13)18-16)9-8-12-4-3-6-14(10-12)19(21)22/h1-10H,11H2/b9-8+. The lowest BCUT2D eigenvalue weighted by Gasteiger charge is -1.95. The number of nitrogens with zero attached hydrogens (tertiary/aromatic N) is 2. The van der Waals surface area contributed by atoms with E-state index in [1.54, 1.807) is 18.2 Å². The zero-order valence-corrected chi connectivity index (χ0v) is 11.6. The average molecular weight is 292 g/mol. The third-order valence-corrected chi connectivity index (χ3v) is 3.40. The zero-order valence-electron chi connectivity index (χ0n) is 11.6. The molecule has 1 heterocycles. The first kappa shape index (κ1) is 13.9. The van der Waals surface area contributed by atoms with Crippen LogP contribution in [-0.2, 0) is 11.2 Å². The largest absolute Gasteiger partial charge is 0.288 e. The number of hydrogen-bond acceptors (Lipinski definition) is 4. The number of aliphatic imine (C=N–C) groups is 1. The van der Waals surface area contributed by atoms with E-state index in [0.29, 0.717) is 17.7 Å². The second-order valence-electron chi connectivity index (χ2n) is 4.91. The quantitative estimate of drug-likeness (QED) is 0.492. The Morgan fingerprint density at radius 1 is 1.18 bits per heavy atom. The van der Waals surface area contributed by atoms with Crippen molar-refractivity contribution in [2.75, 3.05) is 0 Å². The number of non-ortho nitro benzene ring substituents is 1. The minimum atomic E-state index is -0.461. The fraction of sp³-hybridized carbons (Fsp3) is 0.0588. The van der Waals surface area contributed by atoms with Crippen LogP contribution >= 0.6 is 0 Å². The Labute approximate surface area is 126 Å². The lowest BCUT2D eigenvalue weighted by atomic mass is 10.1. The molecule has 108 valence electrons. The lowest BCUT2D eigenvalue weighted by molar-refractivity contribution is -0.384. The molecule has 1 aliphatic heterocycles. The summed E-state index contributed by atoms with van der Waals surface area (Å²) >= 11 is 0. The number of rotatable bonds is 4. The summed E-state index contributed by atoms with van der Waals surface area (Å²) in [7, 11) is 0. The van der Waals surface area contributed by atoms with Crippen LogP contribution in [0.1, 0.15) is 11.1 Å². The number of carbonyl (C=O) groups excluding carboxylic acids is 1. The van der Waals surface area contributed by atoms with E-state index in [4.69, 9.17) is 0 Å². The van der Waals surface area contributed by atoms with Crippen LogP contribution in [0.5, 0.6) is 0 Å². The van der Waals surface area contributed by atoms with Gasteiger partial charge in [0.1, 0.15) is 0 Å². The molecule has 0 saturated heterocycles. The molecule has 5 heteroatoms. The topological polar surface area (TPSA) is 72.6 Å². The monoisotopic (exact) mass is 292 g/mol. The van der Waals surface area contributed by atoms with Crippen molar-refractivity contribution in [2.24, 2.45) is 4.99 Å². The minimum absolute atomic E-state index is 0.000195. The number of nitro benzene ring substituents is 1. The van der Waals surface area contributed by atoms with Crippen molar-refractivity contribution in [3.63, 3.8) is 0 Å². The fourth-order valence-electron chi connectivity index (χ4n) is 2.29. The maximum atomic E-state index is 12.2. The predicted octanol–water partition coefficient (Wildman–Crippen LogP) is 3.51. The Morgan fingerprint density at radius 2 is 2.00 bits per heavy atom. The molecule has 0 fully saturated rings. The maximum absolute atomic E-state index is 12.2. The first-order valence-electron chi connectivity index (χ1n) is 6.76. The van der Waals surface area contributed by atoms with Gasteiger partial charge in [0, 0.05) is 18.6 Å². The summed E-state index contributed by atoms with van der Waals surface area (Å²) in [6.07, 6.45) is 3.50. The molecular weight excluding hydrogens is 280 g/mol. The number of nitro groups is 1. The molecule has 0 bridgehead atoms. The van der Waals surface area contributed by atoms with Crippen molar-refractivity contribution in [3.05, 3.63) is 75.8 Å². The zero-order chi connectivity index (χ0) is 15.5. The summed E-state index contributed by atoms with van der Waals surface area (Å²) in [6, 6.07) is 13.8. The smallest absolute Gasteiger partial charge is 0.270 e. The van der Waals surface area contributed by atoms with E-state index in [2.05, 4.69) is 4.99 Å². The van der Waals surface area contributed by atoms with Gasteiger partial charge in [-0.15, -0.1) is 0 Å². The first-order valence-corrected chi connectivity index (χ1v) is 6.76. The van der Waals surface area contributed by atoms with Crippen molar-refractivity contribution >= 4 is 28.9 Å². The summed E-state index contributed by atoms with van der Waals surface area (Å²) in [5.74, 6) is -0.178. The molecule has 0 N–H and O–H groups in total. The fourth-order valence-corrected chi connectivity index (χ4v) is 2.29. The molecule has 0 saturated carbocycles. The Kier molecular flexibility index (Phi) is 3.62. The number of benzene rings is 2. The van der Waals surface area contributed by atoms with Gasteiger partial charge in [-0.2, -0.15) is 0 Å². The van der Waals surface area contributed by atoms with E-state index in [9.17, 15) is 14.9 Å². The van der Waals surface area contributed by atoms with Crippen LogP contribution in [0.2, 0.25) is 0 Å². The van der Waals surface area contributed by atoms with E-state index >= 15 is 0 Å². The molecular formula is C17H12N2O3. The molecule has 0 atom stereocenters. The molecule has 2 aromatic carbocycles. The van der Waals surface area contributed by atoms with Crippen molar-refractivity contribution in [1.29, 1.82) is 0 Å². The number of allylic oxidation sites excluding steroid dienone is 1. The van der Waals surface area contributed by atoms with Gasteiger partial charge in [-0.05, 0) is 23.3 Å². The van der Waals surface area contributed by atoms with Crippen LogP contribution in [-0.4, -0.2) is 16.4 Å². The molecule has 5 nitrogen and oxygen atoms in total. The Balaban J connectivity index is 1.76. The van der Waals surface area contributed by atoms with Gasteiger partial charge in [0.2, 0.25) is 0 Å². The van der Waals surface area contributed by atoms with E-state index < -0.39 is 4.92 Å². The summed E-state index contributed by atoms with van der Waals surface area (Å²) in [4.78, 5) is 26.7. The Bertz CT molecular complexity index is 822. The minimum Gasteiger partial charge on any atom is -0.288 e. The average Bonchev–Trinajstić information content (AvgIpc) is 2.97. The third kappa shape index (κ3) is 2.83. The number of carbonyl (C=O) groups is 1. The Morgan fingerprint density at radius 3 is 2.77 bits per heavy atom. The Hall–Kier alpha value is -3.08. The van der Waals surface area contributed by atoms with Gasteiger partial charge in [-0.25, -0.2) is 4.99 Å². The van der Waals surface area contributed by atoms with E-state index in [0.717, 1.165) is 11.3 Å². The highest BCUT2D eigenvalue weighted by atomic mass is 16.6. The lowest BCUT2D eigenvalue weighted by Crippen LogP contribution is -2.10. The molecule has 22 heavy (non-hydrogen) atoms. The van der Waals surface area contributed by atoms with E-state index in [1.807, 2.05) is 24.3 Å². The highest BCUT2D eigenvalue weighted by Gasteiger charge is 2.18. The van der Waals surface area contributed by atoms with Gasteiger partial charge in [0.05, 0.1) is 16.3 Å². The predicted molar refractivity (Wildman–Crippen MR) is 84.4 cm³/mol. The van der Waals surface area contributed by atoms with E-state index in [1.165, 1.54) is 18.2 Å². The molecule has 0 unspecified atom stereocenters. The number of ketones is 1. The van der Waals surface area contributed by atoms with Crippen molar-refractivity contribution < 1.29 is 9.72 Å². The summed E-state index contributed by atoms with van der Waals surface area (Å²) in [6.45, 7) is 0. The summed E-state index contributed by atoms with van der Waals surface area (Å²) in [5, 5.41) is 10.7. The van der Waals surface area contributed by atoms with Crippen LogP contribution in [0.3, 0.4) is 0 Å². The third-order valence-electron chi connectivity index (χ3n) is 3.40. The van der Waals surface area contributed by atoms with Crippen LogP contribution in [0.25, 0.3) is 6.08 Å². The normalized spacial score (nSPS) is 13.0. The van der Waals surface area contributed by atoms with Gasteiger partial charge in [-0.3, -0.25) is 14.9 Å². The summed E-state index contributed by atoms with van der Waals surface area (Å²) < 4.78 is 0. The molecule has 0 radical (unpaired) electrons. The summed E-state index contributed by atoms with van der Waals surface area (Å²) in [5.41, 5.74) is 2.96. The van der Waals surface area contributed by atoms with Crippen LogP contribution in [0.4, 0.5) is 11.4 Å². The SMILES string of the molecule is O=C(/C=C/c1cccc([N+](=O)[O-])c1)C1=Nc2ccccc2C1. The van der Waals surface area contributed by atoms with Gasteiger partial charge in [0.15, 0.2) is 5.78 Å². The molecule has 2 aromatic rings. The number of fused-ring (bicyclic) bond motifs is 1.